The van der Waals surface area contributed by atoms with Crippen molar-refractivity contribution in [1.82, 2.24) is 0 Å². The first-order valence-corrected chi connectivity index (χ1v) is 52.6. The summed E-state index contributed by atoms with van der Waals surface area (Å²) in [6.07, 6.45) is -4.71. The lowest BCUT2D eigenvalue weighted by molar-refractivity contribution is -0.137. The molecule has 0 aliphatic rings. The second-order valence-electron chi connectivity index (χ2n) is 31.1. The lowest BCUT2D eigenvalue weighted by Crippen LogP contribution is -2.34. The van der Waals surface area contributed by atoms with E-state index in [4.69, 9.17) is 104 Å². The molecule has 4 unspecified atom stereocenters. The minimum absolute atomic E-state index is 0.0141. The Balaban J connectivity index is 0.000000211. The molecule has 0 bridgehead atoms. The SMILES string of the molecule is CCC(C(=O)Nc1cc(O)c(NC(=O)c2cc(C(F)(F)F)ccc2Cl)cc1Cl)S(=O)(=O)c1cccc(C)c1.CCC(C(=O)Nc1cc(O)c(NC(=O)c2cc(Cl)ccc2Cl)cc1Cl)S(=O)(=O)c1cccc(C)c1.CCC(C(=O)Nc1cc(O)c(NC(=O)c2ccc(Cl)cc2Cl)cc1Cl)S(=O)(=O)c1cccc(C)c1.CCC(C(=O)Nc1cc(O)c(NC(=O)c2ccccc2I)cc1Cl)S(=O)(=O)c1ccc(C)cc1. The van der Waals surface area contributed by atoms with Gasteiger partial charge in [-0.3, -0.25) is 38.4 Å². The summed E-state index contributed by atoms with van der Waals surface area (Å²) in [5.74, 6) is -7.81. The van der Waals surface area contributed by atoms with Crippen LogP contribution in [0.3, 0.4) is 0 Å². The molecule has 0 spiro atoms. The molecule has 0 saturated carbocycles. The third-order valence-corrected chi connectivity index (χ3v) is 33.3. The standard InChI is InChI=1S/C25H21Cl2F3N2O5S.2C24H21Cl3N2O5S.C24H22ClIN2O5S/c1-3-22(38(36,37)15-6-4-5-13(2)9-15)24(35)31-19-12-21(33)20(11-18(19)27)32-23(34)16-10-14(25(28,29)30)7-8-17(16)26;1-3-22(35(33,34)15-6-4-5-13(2)9-15)24(32)28-19-12-21(30)20(11-18(19)27)29-23(31)16-10-14(25)7-8-17(16)26;1-3-22(35(33,34)15-6-4-5-13(2)9-15)24(32)28-19-12-21(30)20(11-18(19)27)29-23(31)16-8-7-14(25)10-17(16)26;1-3-22(34(32,33)15-10-8-14(2)9-11-15)24(31)27-19-13-21(29)20(12-17(19)25)28-23(30)16-6-4-5-7-18(16)26/h4-12,22,33H,3H2,1-2H3,(H,31,35)(H,32,34);2*4-12,22,30H,3H2,1-2H3,(H,28,32)(H,29,31);4-13,22,29H,3H2,1-2H3,(H,27,31)(H,28,30). The van der Waals surface area contributed by atoms with Crippen molar-refractivity contribution in [2.24, 2.45) is 0 Å². The number of carbonyl (C=O) groups excluding carboxylic acids is 8. The molecule has 12 N–H and O–H groups in total. The first kappa shape index (κ1) is 114. The van der Waals surface area contributed by atoms with E-state index in [0.29, 0.717) is 33.3 Å². The largest absolute Gasteiger partial charge is 0.506 e. The van der Waals surface area contributed by atoms with Crippen LogP contribution in [-0.4, -0.2) is 122 Å². The van der Waals surface area contributed by atoms with E-state index < -0.39 is 142 Å². The van der Waals surface area contributed by atoms with Gasteiger partial charge in [0.15, 0.2) is 39.3 Å². The monoisotopic (exact) mass is 2310 g/mol. The minimum Gasteiger partial charge on any atom is -0.506 e. The smallest absolute Gasteiger partial charge is 0.416 e. The van der Waals surface area contributed by atoms with E-state index in [-0.39, 0.29) is 143 Å². The van der Waals surface area contributed by atoms with Crippen LogP contribution in [0.1, 0.15) is 123 Å². The summed E-state index contributed by atoms with van der Waals surface area (Å²) in [5, 5.41) is 56.0. The average molecular weight is 2310 g/mol. The number of alkyl halides is 3. The van der Waals surface area contributed by atoms with Gasteiger partial charge in [-0.05, 0) is 232 Å². The van der Waals surface area contributed by atoms with Crippen LogP contribution in [0.15, 0.2) is 244 Å². The molecule has 28 nitrogen and oxygen atoms in total. The molecule has 8 amide bonds. The van der Waals surface area contributed by atoms with Crippen molar-refractivity contribution in [3.8, 4) is 23.0 Å². The fourth-order valence-corrected chi connectivity index (χ4v) is 22.8. The highest BCUT2D eigenvalue weighted by molar-refractivity contribution is 14.1. The second-order valence-corrected chi connectivity index (χ2v) is 44.5. The van der Waals surface area contributed by atoms with Gasteiger partial charge < -0.3 is 63.0 Å². The highest BCUT2D eigenvalue weighted by atomic mass is 127. The highest BCUT2D eigenvalue weighted by Crippen LogP contribution is 2.42. The number of hydrogen-bond donors (Lipinski definition) is 12. The third-order valence-electron chi connectivity index (χ3n) is 20.8. The molecule has 12 aromatic rings. The van der Waals surface area contributed by atoms with E-state index in [1.54, 1.807) is 114 Å². The molecule has 0 saturated heterocycles. The fraction of sp³-hybridized carbons (Fsp3) is 0.175. The summed E-state index contributed by atoms with van der Waals surface area (Å²) < 4.78 is 144. The van der Waals surface area contributed by atoms with Gasteiger partial charge in [-0.25, -0.2) is 33.7 Å². The quantitative estimate of drug-likeness (QED) is 0.0160. The Kier molecular flexibility index (Phi) is 39.5. The number of benzene rings is 12. The Morgan fingerprint density at radius 3 is 0.901 bits per heavy atom. The van der Waals surface area contributed by atoms with Crippen molar-refractivity contribution < 1.29 is 106 Å². The maximum atomic E-state index is 13.1. The summed E-state index contributed by atoms with van der Waals surface area (Å²) in [6, 6.07) is 51.8. The summed E-state index contributed by atoms with van der Waals surface area (Å²) >= 11 is 56.7. The van der Waals surface area contributed by atoms with Gasteiger partial charge in [-0.15, -0.1) is 0 Å². The second kappa shape index (κ2) is 49.2. The number of phenols is 4. The maximum absolute atomic E-state index is 13.1. The molecule has 748 valence electrons. The van der Waals surface area contributed by atoms with Gasteiger partial charge in [0.05, 0.1) is 128 Å². The number of rotatable bonds is 28. The van der Waals surface area contributed by atoms with Gasteiger partial charge in [0.1, 0.15) is 44.0 Å². The summed E-state index contributed by atoms with van der Waals surface area (Å²) in [6.45, 7) is 13.3. The molecule has 0 radical (unpaired) electrons. The summed E-state index contributed by atoms with van der Waals surface area (Å²) in [5.41, 5.74) is 1.61. The topological polar surface area (TPSA) is 450 Å². The van der Waals surface area contributed by atoms with Crippen LogP contribution in [0, 0.1) is 31.3 Å². The Bertz CT molecular complexity index is 7410. The van der Waals surface area contributed by atoms with Crippen LogP contribution < -0.4 is 42.5 Å². The zero-order valence-corrected chi connectivity index (χ0v) is 87.6. The Morgan fingerprint density at radius 2 is 0.585 bits per heavy atom. The Hall–Kier alpha value is -11.5. The zero-order chi connectivity index (χ0) is 105. The molecule has 0 aromatic heterocycles. The molecule has 0 fully saturated rings. The van der Waals surface area contributed by atoms with Crippen LogP contribution in [-0.2, 0) is 64.7 Å². The molecular weight excluding hydrogens is 2230 g/mol. The number of amides is 8. The lowest BCUT2D eigenvalue weighted by Gasteiger charge is -2.18. The van der Waals surface area contributed by atoms with Gasteiger partial charge in [0.25, 0.3) is 23.6 Å². The van der Waals surface area contributed by atoms with E-state index in [1.807, 2.05) is 29.5 Å². The van der Waals surface area contributed by atoms with Crippen LogP contribution in [0.4, 0.5) is 58.7 Å². The van der Waals surface area contributed by atoms with Crippen molar-refractivity contribution in [3.63, 3.8) is 0 Å². The molecule has 0 heterocycles. The van der Waals surface area contributed by atoms with Crippen molar-refractivity contribution in [2.45, 2.75) is 128 Å². The van der Waals surface area contributed by atoms with Gasteiger partial charge in [0.2, 0.25) is 23.6 Å². The Morgan fingerprint density at radius 1 is 0.289 bits per heavy atom. The number of aryl methyl sites for hydroxylation is 4. The molecule has 0 aliphatic carbocycles. The first-order valence-electron chi connectivity index (χ1n) is 41.9. The number of phenolic OH excluding ortho intramolecular Hbond substituents is 4. The number of halogens is 13. The van der Waals surface area contributed by atoms with Gasteiger partial charge in [-0.1, -0.05) is 198 Å². The molecule has 12 aromatic carbocycles. The molecule has 142 heavy (non-hydrogen) atoms. The van der Waals surface area contributed by atoms with E-state index in [0.717, 1.165) is 56.7 Å². The number of nitrogens with one attached hydrogen (secondary N) is 8. The van der Waals surface area contributed by atoms with E-state index in [1.165, 1.54) is 110 Å². The van der Waals surface area contributed by atoms with Gasteiger partial charge in [0, 0.05) is 37.9 Å². The van der Waals surface area contributed by atoms with Crippen molar-refractivity contribution >= 4 is 259 Å². The highest BCUT2D eigenvalue weighted by Gasteiger charge is 2.39. The first-order chi connectivity index (χ1) is 66.5. The predicted octanol–water partition coefficient (Wildman–Crippen LogP) is 24.1. The lowest BCUT2D eigenvalue weighted by atomic mass is 10.1. The number of anilines is 8. The number of hydrogen-bond acceptors (Lipinski definition) is 20. The number of carbonyl (C=O) groups is 8. The van der Waals surface area contributed by atoms with E-state index in [2.05, 4.69) is 42.5 Å². The van der Waals surface area contributed by atoms with Gasteiger partial charge >= 0.3 is 6.18 Å². The predicted molar refractivity (Wildman–Crippen MR) is 557 cm³/mol. The van der Waals surface area contributed by atoms with Crippen LogP contribution in [0.25, 0.3) is 0 Å². The van der Waals surface area contributed by atoms with Crippen LogP contribution in [0.5, 0.6) is 23.0 Å². The molecule has 0 aliphatic heterocycles. The van der Waals surface area contributed by atoms with Crippen molar-refractivity contribution in [2.75, 3.05) is 42.5 Å². The molecule has 12 rings (SSSR count). The fourth-order valence-electron chi connectivity index (χ4n) is 13.5. The van der Waals surface area contributed by atoms with E-state index in [9.17, 15) is 106 Å². The van der Waals surface area contributed by atoms with Gasteiger partial charge in [-0.2, -0.15) is 13.2 Å². The average Bonchev–Trinajstić information content (AvgIpc) is 0.794. The molecule has 45 heteroatoms. The summed E-state index contributed by atoms with van der Waals surface area (Å²) in [7, 11) is -16.0. The number of aromatic hydroxyl groups is 4. The summed E-state index contributed by atoms with van der Waals surface area (Å²) in [4.78, 5) is 102. The van der Waals surface area contributed by atoms with Crippen molar-refractivity contribution in [1.29, 1.82) is 0 Å². The minimum atomic E-state index is -4.71. The molecular formula is C97H85Cl9F3IN8O20S4. The number of sulfone groups is 4. The molecule has 4 atom stereocenters. The normalized spacial score (nSPS) is 12.3. The maximum Gasteiger partial charge on any atom is 0.416 e. The van der Waals surface area contributed by atoms with Crippen LogP contribution in [0.2, 0.25) is 45.2 Å². The third kappa shape index (κ3) is 29.0. The van der Waals surface area contributed by atoms with E-state index >= 15 is 0 Å². The van der Waals surface area contributed by atoms with Crippen molar-refractivity contribution in [3.05, 3.63) is 323 Å². The Labute approximate surface area is 873 Å². The zero-order valence-electron chi connectivity index (χ0n) is 75.4. The van der Waals surface area contributed by atoms with Crippen LogP contribution >= 0.6 is 127 Å².